The Hall–Kier alpha value is -2.64. The first-order valence-electron chi connectivity index (χ1n) is 10.1. The number of hydrogen-bond donors (Lipinski definition) is 0. The number of piperazine rings is 1. The topological polar surface area (TPSA) is 70.8 Å². The molecular weight excluding hydrogens is 400 g/mol. The van der Waals surface area contributed by atoms with Gasteiger partial charge in [-0.1, -0.05) is 24.3 Å². The highest BCUT2D eigenvalue weighted by molar-refractivity contribution is 7.89. The second kappa shape index (κ2) is 7.56. The van der Waals surface area contributed by atoms with Gasteiger partial charge in [-0.25, -0.2) is 8.42 Å². The fraction of sp³-hybridized carbons (Fsp3) is 0.348. The van der Waals surface area contributed by atoms with Gasteiger partial charge in [0, 0.05) is 31.6 Å². The van der Waals surface area contributed by atoms with Crippen LogP contribution in [0.25, 0.3) is 11.0 Å². The van der Waals surface area contributed by atoms with Gasteiger partial charge in [-0.15, -0.1) is 0 Å². The van der Waals surface area contributed by atoms with Crippen LogP contribution in [0.2, 0.25) is 0 Å². The zero-order valence-electron chi connectivity index (χ0n) is 17.7. The fourth-order valence-electron chi connectivity index (χ4n) is 4.07. The molecule has 6 nitrogen and oxygen atoms in total. The highest BCUT2D eigenvalue weighted by Crippen LogP contribution is 2.29. The largest absolute Gasteiger partial charge is 0.451 e. The van der Waals surface area contributed by atoms with Crippen molar-refractivity contribution in [2.45, 2.75) is 32.6 Å². The molecular formula is C23H26N2O4S. The minimum Gasteiger partial charge on any atom is -0.451 e. The van der Waals surface area contributed by atoms with Gasteiger partial charge in [0.25, 0.3) is 5.91 Å². The zero-order valence-corrected chi connectivity index (χ0v) is 18.5. The average molecular weight is 427 g/mol. The van der Waals surface area contributed by atoms with Crippen LogP contribution in [-0.2, 0) is 10.0 Å². The van der Waals surface area contributed by atoms with Crippen molar-refractivity contribution in [2.24, 2.45) is 0 Å². The van der Waals surface area contributed by atoms with Crippen LogP contribution < -0.4 is 0 Å². The monoisotopic (exact) mass is 426 g/mol. The number of furan rings is 1. The lowest BCUT2D eigenvalue weighted by molar-refractivity contribution is 0.0668. The van der Waals surface area contributed by atoms with Gasteiger partial charge in [0.2, 0.25) is 10.0 Å². The normalized spacial score (nSPS) is 15.7. The quantitative estimate of drug-likeness (QED) is 0.638. The summed E-state index contributed by atoms with van der Waals surface area (Å²) in [6.07, 6.45) is 0. The third kappa shape index (κ3) is 3.42. The van der Waals surface area contributed by atoms with Gasteiger partial charge in [0.05, 0.1) is 4.90 Å². The van der Waals surface area contributed by atoms with Crippen molar-refractivity contribution < 1.29 is 17.6 Å². The summed E-state index contributed by atoms with van der Waals surface area (Å²) in [5.74, 6) is 0.0792. The summed E-state index contributed by atoms with van der Waals surface area (Å²) in [6, 6.07) is 11.2. The second-order valence-corrected chi connectivity index (χ2v) is 9.81. The molecule has 4 rings (SSSR count). The van der Waals surface area contributed by atoms with Gasteiger partial charge in [0.15, 0.2) is 5.76 Å². The third-order valence-electron chi connectivity index (χ3n) is 6.06. The van der Waals surface area contributed by atoms with Gasteiger partial charge in [-0.05, 0) is 62.1 Å². The Bertz CT molecular complexity index is 1180. The van der Waals surface area contributed by atoms with E-state index >= 15 is 0 Å². The van der Waals surface area contributed by atoms with E-state index in [9.17, 15) is 13.2 Å². The van der Waals surface area contributed by atoms with Crippen LogP contribution in [0.1, 0.15) is 32.8 Å². The maximum atomic E-state index is 13.4. The van der Waals surface area contributed by atoms with Crippen LogP contribution in [0.15, 0.2) is 45.7 Å². The molecule has 0 unspecified atom stereocenters. The van der Waals surface area contributed by atoms with E-state index in [2.05, 4.69) is 0 Å². The van der Waals surface area contributed by atoms with Gasteiger partial charge in [0.1, 0.15) is 5.58 Å². The summed E-state index contributed by atoms with van der Waals surface area (Å²) < 4.78 is 34.0. The van der Waals surface area contributed by atoms with E-state index in [-0.39, 0.29) is 24.8 Å². The smallest absolute Gasteiger partial charge is 0.289 e. The van der Waals surface area contributed by atoms with E-state index in [1.54, 1.807) is 11.0 Å². The van der Waals surface area contributed by atoms with E-state index in [4.69, 9.17) is 4.42 Å². The molecule has 1 fully saturated rings. The van der Waals surface area contributed by atoms with Gasteiger partial charge < -0.3 is 9.32 Å². The van der Waals surface area contributed by atoms with Crippen molar-refractivity contribution in [3.8, 4) is 0 Å². The lowest BCUT2D eigenvalue weighted by atomic mass is 10.0. The van der Waals surface area contributed by atoms with E-state index in [0.717, 1.165) is 27.6 Å². The molecule has 0 spiro atoms. The van der Waals surface area contributed by atoms with Crippen LogP contribution in [0.3, 0.4) is 0 Å². The minimum atomic E-state index is -3.63. The molecule has 1 aliphatic heterocycles. The number of nitrogens with zero attached hydrogens (tertiary/aromatic N) is 2. The SMILES string of the molecule is Cc1cc(C)c(C)c(S(=O)(=O)N2CCN(C(=O)c3cc4ccccc4o3)CC2)c1C. The highest BCUT2D eigenvalue weighted by Gasteiger charge is 2.33. The Balaban J connectivity index is 1.54. The Labute approximate surface area is 177 Å². The molecule has 2 heterocycles. The summed E-state index contributed by atoms with van der Waals surface area (Å²) in [7, 11) is -3.63. The van der Waals surface area contributed by atoms with Crippen LogP contribution >= 0.6 is 0 Å². The first-order chi connectivity index (χ1) is 14.2. The summed E-state index contributed by atoms with van der Waals surface area (Å²) in [6.45, 7) is 8.78. The number of aryl methyl sites for hydroxylation is 2. The number of rotatable bonds is 3. The summed E-state index contributed by atoms with van der Waals surface area (Å²) >= 11 is 0. The number of amides is 1. The predicted molar refractivity (Wildman–Crippen MR) is 116 cm³/mol. The zero-order chi connectivity index (χ0) is 21.6. The van der Waals surface area contributed by atoms with Crippen molar-refractivity contribution in [3.63, 3.8) is 0 Å². The Morgan fingerprint density at radius 1 is 0.900 bits per heavy atom. The molecule has 0 bridgehead atoms. The van der Waals surface area contributed by atoms with Crippen molar-refractivity contribution >= 4 is 26.9 Å². The molecule has 1 aromatic heterocycles. The minimum absolute atomic E-state index is 0.206. The average Bonchev–Trinajstić information content (AvgIpc) is 3.16. The van der Waals surface area contributed by atoms with Crippen LogP contribution in [0, 0.1) is 27.7 Å². The molecule has 1 saturated heterocycles. The van der Waals surface area contributed by atoms with Crippen LogP contribution in [0.5, 0.6) is 0 Å². The molecule has 0 N–H and O–H groups in total. The van der Waals surface area contributed by atoms with Crippen molar-refractivity contribution in [1.29, 1.82) is 0 Å². The van der Waals surface area contributed by atoms with Gasteiger partial charge in [-0.2, -0.15) is 4.31 Å². The number of carbonyl (C=O) groups excluding carboxylic acids is 1. The Morgan fingerprint density at radius 3 is 2.10 bits per heavy atom. The van der Waals surface area contributed by atoms with Crippen LogP contribution in [-0.4, -0.2) is 49.7 Å². The molecule has 0 saturated carbocycles. The molecule has 1 aliphatic rings. The maximum absolute atomic E-state index is 13.4. The number of carbonyl (C=O) groups is 1. The number of para-hydroxylation sites is 1. The van der Waals surface area contributed by atoms with Crippen molar-refractivity contribution in [2.75, 3.05) is 26.2 Å². The molecule has 0 atom stereocenters. The first kappa shape index (κ1) is 20.6. The number of benzene rings is 2. The summed E-state index contributed by atoms with van der Waals surface area (Å²) in [4.78, 5) is 14.9. The van der Waals surface area contributed by atoms with Gasteiger partial charge in [-0.3, -0.25) is 4.79 Å². The molecule has 1 amide bonds. The van der Waals surface area contributed by atoms with E-state index in [0.29, 0.717) is 23.6 Å². The molecule has 3 aromatic rings. The lowest BCUT2D eigenvalue weighted by Gasteiger charge is -2.34. The Morgan fingerprint density at radius 2 is 1.50 bits per heavy atom. The standard InChI is InChI=1S/C23H26N2O4S/c1-15-13-16(2)18(4)22(17(15)3)30(27,28)25-11-9-24(10-12-25)23(26)21-14-19-7-5-6-8-20(19)29-21/h5-8,13-14H,9-12H2,1-4H3. The summed E-state index contributed by atoms with van der Waals surface area (Å²) in [5.41, 5.74) is 4.19. The second-order valence-electron chi connectivity index (χ2n) is 7.93. The number of sulfonamides is 1. The number of hydrogen-bond acceptors (Lipinski definition) is 4. The highest BCUT2D eigenvalue weighted by atomic mass is 32.2. The number of fused-ring (bicyclic) bond motifs is 1. The van der Waals surface area contributed by atoms with Crippen molar-refractivity contribution in [3.05, 3.63) is 64.4 Å². The molecule has 158 valence electrons. The lowest BCUT2D eigenvalue weighted by Crippen LogP contribution is -2.50. The summed E-state index contributed by atoms with van der Waals surface area (Å²) in [5, 5.41) is 0.878. The van der Waals surface area contributed by atoms with Crippen LogP contribution in [0.4, 0.5) is 0 Å². The first-order valence-corrected chi connectivity index (χ1v) is 11.5. The molecule has 30 heavy (non-hydrogen) atoms. The van der Waals surface area contributed by atoms with E-state index in [1.165, 1.54) is 4.31 Å². The molecule has 7 heteroatoms. The third-order valence-corrected chi connectivity index (χ3v) is 8.23. The molecule has 2 aromatic carbocycles. The maximum Gasteiger partial charge on any atom is 0.289 e. The predicted octanol–water partition coefficient (Wildman–Crippen LogP) is 3.81. The Kier molecular flexibility index (Phi) is 5.20. The molecule has 0 aliphatic carbocycles. The molecule has 0 radical (unpaired) electrons. The fourth-order valence-corrected chi connectivity index (χ4v) is 6.07. The van der Waals surface area contributed by atoms with Gasteiger partial charge >= 0.3 is 0 Å². The van der Waals surface area contributed by atoms with E-state index in [1.807, 2.05) is 58.0 Å². The van der Waals surface area contributed by atoms with E-state index < -0.39 is 10.0 Å². The van der Waals surface area contributed by atoms with Crippen molar-refractivity contribution in [1.82, 2.24) is 9.21 Å².